The van der Waals surface area contributed by atoms with E-state index < -0.39 is 6.10 Å². The van der Waals surface area contributed by atoms with Gasteiger partial charge in [-0.25, -0.2) is 14.8 Å². The quantitative estimate of drug-likeness (QED) is 0.445. The summed E-state index contributed by atoms with van der Waals surface area (Å²) in [5, 5.41) is 0.308. The Bertz CT molecular complexity index is 1200. The number of carbonyl (C=O) groups excluding carboxylic acids is 2. The molecule has 1 saturated carbocycles. The molecule has 3 aromatic heterocycles. The third kappa shape index (κ3) is 3.59. The smallest absolute Gasteiger partial charge is 0.331 e. The van der Waals surface area contributed by atoms with Crippen molar-refractivity contribution in [3.8, 4) is 5.88 Å². The van der Waals surface area contributed by atoms with Gasteiger partial charge < -0.3 is 9.14 Å². The number of hydrogen-bond acceptors (Lipinski definition) is 6. The topological polar surface area (TPSA) is 92.9 Å². The molecular weight excluding hydrogens is 420 g/mol. The van der Waals surface area contributed by atoms with Crippen molar-refractivity contribution in [2.75, 3.05) is 18.5 Å². The number of ether oxygens (including phenoxy) is 1. The van der Waals surface area contributed by atoms with Crippen LogP contribution in [0.15, 0.2) is 24.5 Å². The number of nitrogens with zero attached hydrogens (tertiary/aromatic N) is 6. The van der Waals surface area contributed by atoms with Crippen LogP contribution >= 0.6 is 11.6 Å². The molecule has 0 bridgehead atoms. The first-order chi connectivity index (χ1) is 14.8. The summed E-state index contributed by atoms with van der Waals surface area (Å²) in [6.07, 6.45) is 5.74. The number of aryl methyl sites for hydroxylation is 1. The minimum Gasteiger partial charge on any atom is -0.468 e. The summed E-state index contributed by atoms with van der Waals surface area (Å²) in [5.74, 6) is 1.12. The fraction of sp³-hybridized carbons (Fsp3) is 0.381. The van der Waals surface area contributed by atoms with Crippen LogP contribution in [0, 0.1) is 6.92 Å². The van der Waals surface area contributed by atoms with Gasteiger partial charge in [0.2, 0.25) is 11.8 Å². The number of fused-ring (bicyclic) bond motifs is 1. The molecule has 5 rings (SSSR count). The van der Waals surface area contributed by atoms with Gasteiger partial charge in [0.15, 0.2) is 5.65 Å². The standard InChI is InChI=1S/C21H21ClN6O3/c1-11(31-18-7-17(22)23-12(2)24-18)15-9-27-8-14(13-4-5-13)6-16(20(27)25-15)28-10-19(29)26(3)21(28)30/h6-9,11,13H,4-5,10H2,1-3H3. The van der Waals surface area contributed by atoms with Gasteiger partial charge in [-0.3, -0.25) is 14.6 Å². The Morgan fingerprint density at radius 1 is 1.16 bits per heavy atom. The number of anilines is 1. The van der Waals surface area contributed by atoms with E-state index in [1.54, 1.807) is 13.0 Å². The highest BCUT2D eigenvalue weighted by Crippen LogP contribution is 2.42. The van der Waals surface area contributed by atoms with Crippen LogP contribution in [0.5, 0.6) is 5.88 Å². The van der Waals surface area contributed by atoms with Gasteiger partial charge in [0.1, 0.15) is 23.6 Å². The number of aromatic nitrogens is 4. The average Bonchev–Trinajstić information content (AvgIpc) is 3.42. The third-order valence-corrected chi connectivity index (χ3v) is 5.79. The Hall–Kier alpha value is -3.20. The summed E-state index contributed by atoms with van der Waals surface area (Å²) >= 11 is 6.01. The molecule has 1 atom stereocenters. The van der Waals surface area contributed by atoms with E-state index in [0.717, 1.165) is 23.3 Å². The molecule has 0 spiro atoms. The Labute approximate surface area is 183 Å². The van der Waals surface area contributed by atoms with Gasteiger partial charge in [0.25, 0.3) is 0 Å². The number of likely N-dealkylation sites (N-methyl/N-ethyl adjacent to an activating group) is 1. The molecule has 1 saturated heterocycles. The normalized spacial score (nSPS) is 17.7. The molecule has 1 aliphatic heterocycles. The summed E-state index contributed by atoms with van der Waals surface area (Å²) in [6, 6.07) is 3.19. The second kappa shape index (κ2) is 7.19. The summed E-state index contributed by atoms with van der Waals surface area (Å²) < 4.78 is 7.86. The maximum Gasteiger partial charge on any atom is 0.331 e. The summed E-state index contributed by atoms with van der Waals surface area (Å²) in [6.45, 7) is 3.62. The number of imide groups is 1. The maximum absolute atomic E-state index is 12.6. The number of urea groups is 1. The van der Waals surface area contributed by atoms with E-state index in [0.29, 0.717) is 39.8 Å². The molecule has 0 aromatic carbocycles. The lowest BCUT2D eigenvalue weighted by Crippen LogP contribution is -2.30. The molecular formula is C21H21ClN6O3. The van der Waals surface area contributed by atoms with Gasteiger partial charge >= 0.3 is 6.03 Å². The Kier molecular flexibility index (Phi) is 4.58. The van der Waals surface area contributed by atoms with Crippen LogP contribution in [0.1, 0.15) is 48.9 Å². The number of halogens is 1. The number of amides is 3. The first kappa shape index (κ1) is 19.7. The molecule has 2 aliphatic rings. The molecule has 9 nitrogen and oxygen atoms in total. The van der Waals surface area contributed by atoms with Crippen LogP contribution in [-0.2, 0) is 4.79 Å². The van der Waals surface area contributed by atoms with Gasteiger partial charge in [-0.2, -0.15) is 4.98 Å². The summed E-state index contributed by atoms with van der Waals surface area (Å²) in [4.78, 5) is 40.4. The van der Waals surface area contributed by atoms with E-state index in [4.69, 9.17) is 21.3 Å². The second-order valence-corrected chi connectivity index (χ2v) is 8.37. The molecule has 1 unspecified atom stereocenters. The van der Waals surface area contributed by atoms with Crippen LogP contribution in [0.25, 0.3) is 5.65 Å². The lowest BCUT2D eigenvalue weighted by molar-refractivity contribution is -0.123. The minimum absolute atomic E-state index is 0.00602. The highest BCUT2D eigenvalue weighted by atomic mass is 35.5. The zero-order valence-corrected chi connectivity index (χ0v) is 18.1. The lowest BCUT2D eigenvalue weighted by atomic mass is 10.1. The van der Waals surface area contributed by atoms with Crippen molar-refractivity contribution in [3.05, 3.63) is 46.8 Å². The molecule has 0 radical (unpaired) electrons. The highest BCUT2D eigenvalue weighted by molar-refractivity contribution is 6.29. The Balaban J connectivity index is 1.54. The SMILES string of the molecule is Cc1nc(Cl)cc(OC(C)c2cn3cc(C4CC4)cc(N4CC(=O)N(C)C4=O)c3n2)n1. The van der Waals surface area contributed by atoms with Crippen LogP contribution in [0.2, 0.25) is 5.15 Å². The van der Waals surface area contributed by atoms with Gasteiger partial charge in [0.05, 0.1) is 11.4 Å². The number of carbonyl (C=O) groups is 2. The number of imidazole rings is 1. The Morgan fingerprint density at radius 2 is 1.94 bits per heavy atom. The molecule has 160 valence electrons. The van der Waals surface area contributed by atoms with Crippen molar-refractivity contribution >= 4 is 34.9 Å². The van der Waals surface area contributed by atoms with Gasteiger partial charge in [-0.05, 0) is 44.2 Å². The largest absolute Gasteiger partial charge is 0.468 e. The van der Waals surface area contributed by atoms with Crippen LogP contribution < -0.4 is 9.64 Å². The lowest BCUT2D eigenvalue weighted by Gasteiger charge is -2.17. The zero-order chi connectivity index (χ0) is 21.9. The van der Waals surface area contributed by atoms with E-state index in [1.165, 1.54) is 11.9 Å². The Morgan fingerprint density at radius 3 is 2.58 bits per heavy atom. The van der Waals surface area contributed by atoms with E-state index in [1.807, 2.05) is 29.8 Å². The molecule has 4 heterocycles. The van der Waals surface area contributed by atoms with E-state index >= 15 is 0 Å². The van der Waals surface area contributed by atoms with Crippen molar-refractivity contribution in [2.45, 2.75) is 38.7 Å². The first-order valence-electron chi connectivity index (χ1n) is 10.1. The maximum atomic E-state index is 12.6. The molecule has 3 amide bonds. The molecule has 31 heavy (non-hydrogen) atoms. The minimum atomic E-state index is -0.416. The van der Waals surface area contributed by atoms with Crippen molar-refractivity contribution in [2.24, 2.45) is 0 Å². The predicted octanol–water partition coefficient (Wildman–Crippen LogP) is 3.50. The molecule has 10 heteroatoms. The fourth-order valence-corrected chi connectivity index (χ4v) is 3.96. The van der Waals surface area contributed by atoms with Crippen LogP contribution in [-0.4, -0.2) is 49.8 Å². The van der Waals surface area contributed by atoms with Crippen molar-refractivity contribution in [3.63, 3.8) is 0 Å². The van der Waals surface area contributed by atoms with E-state index in [-0.39, 0.29) is 18.5 Å². The number of rotatable bonds is 5. The predicted molar refractivity (Wildman–Crippen MR) is 114 cm³/mol. The molecule has 1 aliphatic carbocycles. The monoisotopic (exact) mass is 440 g/mol. The zero-order valence-electron chi connectivity index (χ0n) is 17.4. The van der Waals surface area contributed by atoms with E-state index in [2.05, 4.69) is 9.97 Å². The van der Waals surface area contributed by atoms with Crippen molar-refractivity contribution in [1.82, 2.24) is 24.3 Å². The molecule has 3 aromatic rings. The summed E-state index contributed by atoms with van der Waals surface area (Å²) in [5.41, 5.74) is 3.04. The second-order valence-electron chi connectivity index (χ2n) is 7.99. The van der Waals surface area contributed by atoms with Gasteiger partial charge in [-0.1, -0.05) is 11.6 Å². The first-order valence-corrected chi connectivity index (χ1v) is 10.5. The van der Waals surface area contributed by atoms with Crippen LogP contribution in [0.4, 0.5) is 10.5 Å². The fourth-order valence-electron chi connectivity index (χ4n) is 3.75. The van der Waals surface area contributed by atoms with Crippen LogP contribution in [0.3, 0.4) is 0 Å². The average molecular weight is 441 g/mol. The van der Waals surface area contributed by atoms with E-state index in [9.17, 15) is 9.59 Å². The van der Waals surface area contributed by atoms with Crippen molar-refractivity contribution in [1.29, 1.82) is 0 Å². The molecule has 0 N–H and O–H groups in total. The van der Waals surface area contributed by atoms with Gasteiger partial charge in [0, 0.05) is 25.5 Å². The number of hydrogen-bond donors (Lipinski definition) is 0. The van der Waals surface area contributed by atoms with Crippen molar-refractivity contribution < 1.29 is 14.3 Å². The molecule has 2 fully saturated rings. The highest BCUT2D eigenvalue weighted by Gasteiger charge is 2.36. The summed E-state index contributed by atoms with van der Waals surface area (Å²) in [7, 11) is 1.49. The third-order valence-electron chi connectivity index (χ3n) is 5.59. The number of pyridine rings is 1. The van der Waals surface area contributed by atoms with Gasteiger partial charge in [-0.15, -0.1) is 0 Å².